The van der Waals surface area contributed by atoms with Gasteiger partial charge in [-0.3, -0.25) is 9.59 Å². The lowest BCUT2D eigenvalue weighted by atomic mass is 9.87. The first-order valence-electron chi connectivity index (χ1n) is 9.01. The van der Waals surface area contributed by atoms with Crippen LogP contribution in [0.4, 0.5) is 0 Å². The van der Waals surface area contributed by atoms with Gasteiger partial charge < -0.3 is 14.8 Å². The number of thioether (sulfide) groups is 1. The van der Waals surface area contributed by atoms with Crippen molar-refractivity contribution in [3.63, 3.8) is 0 Å². The second-order valence-electron chi connectivity index (χ2n) is 6.37. The Hall–Kier alpha value is -3.24. The molecule has 1 aliphatic heterocycles. The maximum atomic E-state index is 12.2. The van der Waals surface area contributed by atoms with Crippen molar-refractivity contribution in [1.29, 1.82) is 5.26 Å². The van der Waals surface area contributed by atoms with Crippen molar-refractivity contribution in [3.8, 4) is 11.8 Å². The SMILES string of the molecule is COC(=O)CSC1=C(C#N)[C@@H](c2ccc(OCc3ccccc3)cc2)CC(=O)N1. The molecule has 6 nitrogen and oxygen atoms in total. The molecule has 29 heavy (non-hydrogen) atoms. The molecule has 7 heteroatoms. The summed E-state index contributed by atoms with van der Waals surface area (Å²) in [4.78, 5) is 23.6. The molecular weight excluding hydrogens is 388 g/mol. The second-order valence-corrected chi connectivity index (χ2v) is 7.35. The van der Waals surface area contributed by atoms with E-state index in [1.807, 2.05) is 54.6 Å². The summed E-state index contributed by atoms with van der Waals surface area (Å²) in [6, 6.07) is 19.4. The molecule has 2 aromatic rings. The van der Waals surface area contributed by atoms with Gasteiger partial charge >= 0.3 is 5.97 Å². The predicted octanol–water partition coefficient (Wildman–Crippen LogP) is 3.51. The molecule has 1 N–H and O–H groups in total. The molecule has 1 aliphatic rings. The van der Waals surface area contributed by atoms with Crippen LogP contribution in [0.5, 0.6) is 5.75 Å². The Balaban J connectivity index is 1.74. The van der Waals surface area contributed by atoms with Crippen LogP contribution in [0, 0.1) is 11.3 Å². The summed E-state index contributed by atoms with van der Waals surface area (Å²) in [6.45, 7) is 0.462. The van der Waals surface area contributed by atoms with Crippen LogP contribution in [0.25, 0.3) is 0 Å². The summed E-state index contributed by atoms with van der Waals surface area (Å²) in [5.41, 5.74) is 2.36. The van der Waals surface area contributed by atoms with E-state index in [1.54, 1.807) is 0 Å². The molecule has 0 saturated carbocycles. The Morgan fingerprint density at radius 1 is 1.21 bits per heavy atom. The molecule has 3 rings (SSSR count). The highest BCUT2D eigenvalue weighted by molar-refractivity contribution is 8.03. The average Bonchev–Trinajstić information content (AvgIpc) is 2.76. The molecule has 0 bridgehead atoms. The number of rotatable bonds is 7. The van der Waals surface area contributed by atoms with Crippen molar-refractivity contribution in [2.24, 2.45) is 0 Å². The summed E-state index contributed by atoms with van der Waals surface area (Å²) in [7, 11) is 1.30. The van der Waals surface area contributed by atoms with Gasteiger partial charge in [0, 0.05) is 12.3 Å². The molecule has 0 aliphatic carbocycles. The molecule has 1 amide bonds. The second kappa shape index (κ2) is 9.80. The summed E-state index contributed by atoms with van der Waals surface area (Å²) in [5, 5.41) is 12.8. The molecule has 0 radical (unpaired) electrons. The van der Waals surface area contributed by atoms with E-state index in [-0.39, 0.29) is 24.0 Å². The summed E-state index contributed by atoms with van der Waals surface area (Å²) in [5.74, 6) is -0.240. The van der Waals surface area contributed by atoms with E-state index >= 15 is 0 Å². The molecule has 148 valence electrons. The van der Waals surface area contributed by atoms with E-state index in [9.17, 15) is 14.9 Å². The van der Waals surface area contributed by atoms with Crippen LogP contribution >= 0.6 is 11.8 Å². The fourth-order valence-corrected chi connectivity index (χ4v) is 3.85. The number of methoxy groups -OCH3 is 1. The summed E-state index contributed by atoms with van der Waals surface area (Å²) < 4.78 is 10.4. The molecular formula is C22H20N2O4S. The minimum Gasteiger partial charge on any atom is -0.489 e. The molecule has 1 heterocycles. The van der Waals surface area contributed by atoms with Gasteiger partial charge in [0.2, 0.25) is 5.91 Å². The van der Waals surface area contributed by atoms with E-state index in [1.165, 1.54) is 7.11 Å². The van der Waals surface area contributed by atoms with E-state index < -0.39 is 5.97 Å². The average molecular weight is 408 g/mol. The smallest absolute Gasteiger partial charge is 0.316 e. The molecule has 0 spiro atoms. The van der Waals surface area contributed by atoms with E-state index in [4.69, 9.17) is 4.74 Å². The number of ether oxygens (including phenoxy) is 2. The fourth-order valence-electron chi connectivity index (χ4n) is 2.95. The van der Waals surface area contributed by atoms with Crippen molar-refractivity contribution in [3.05, 3.63) is 76.3 Å². The van der Waals surface area contributed by atoms with Gasteiger partial charge in [-0.1, -0.05) is 54.2 Å². The highest BCUT2D eigenvalue weighted by Crippen LogP contribution is 2.36. The third kappa shape index (κ3) is 5.39. The van der Waals surface area contributed by atoms with Crippen LogP contribution in [0.3, 0.4) is 0 Å². The first kappa shape index (κ1) is 20.5. The minimum atomic E-state index is -0.420. The Morgan fingerprint density at radius 2 is 1.93 bits per heavy atom. The Kier molecular flexibility index (Phi) is 6.93. The molecule has 1 atom stereocenters. The first-order chi connectivity index (χ1) is 14.1. The van der Waals surface area contributed by atoms with Gasteiger partial charge in [-0.15, -0.1) is 0 Å². The van der Waals surface area contributed by atoms with Crippen molar-refractivity contribution in [2.45, 2.75) is 18.9 Å². The Bertz CT molecular complexity index is 949. The lowest BCUT2D eigenvalue weighted by Crippen LogP contribution is -2.31. The molecule has 0 aromatic heterocycles. The number of nitrogens with zero attached hydrogens (tertiary/aromatic N) is 1. The topological polar surface area (TPSA) is 88.4 Å². The van der Waals surface area contributed by atoms with Crippen LogP contribution in [-0.2, 0) is 20.9 Å². The number of carbonyl (C=O) groups is 2. The van der Waals surface area contributed by atoms with Gasteiger partial charge in [-0.05, 0) is 23.3 Å². The third-order valence-corrected chi connectivity index (χ3v) is 5.44. The van der Waals surface area contributed by atoms with Crippen LogP contribution < -0.4 is 10.1 Å². The largest absolute Gasteiger partial charge is 0.489 e. The number of carbonyl (C=O) groups excluding carboxylic acids is 2. The highest BCUT2D eigenvalue weighted by atomic mass is 32.2. The Morgan fingerprint density at radius 3 is 2.59 bits per heavy atom. The number of nitrogens with one attached hydrogen (secondary N) is 1. The zero-order chi connectivity index (χ0) is 20.6. The van der Waals surface area contributed by atoms with Crippen LogP contribution in [0.2, 0.25) is 0 Å². The van der Waals surface area contributed by atoms with E-state index in [0.717, 1.165) is 22.9 Å². The lowest BCUT2D eigenvalue weighted by molar-refractivity contribution is -0.137. The number of hydrogen-bond acceptors (Lipinski definition) is 6. The predicted molar refractivity (Wildman–Crippen MR) is 110 cm³/mol. The third-order valence-electron chi connectivity index (χ3n) is 4.45. The van der Waals surface area contributed by atoms with E-state index in [2.05, 4.69) is 16.1 Å². The Labute approximate surface area is 173 Å². The summed E-state index contributed by atoms with van der Waals surface area (Å²) >= 11 is 1.10. The number of esters is 1. The molecule has 0 fully saturated rings. The zero-order valence-corrected chi connectivity index (χ0v) is 16.7. The van der Waals surface area contributed by atoms with Crippen LogP contribution in [0.15, 0.2) is 65.2 Å². The quantitative estimate of drug-likeness (QED) is 0.706. The van der Waals surface area contributed by atoms with Gasteiger partial charge in [0.15, 0.2) is 0 Å². The van der Waals surface area contributed by atoms with Gasteiger partial charge in [-0.2, -0.15) is 5.26 Å². The number of benzene rings is 2. The normalized spacial score (nSPS) is 16.0. The van der Waals surface area contributed by atoms with Gasteiger partial charge in [0.25, 0.3) is 0 Å². The number of nitriles is 1. The van der Waals surface area contributed by atoms with Gasteiger partial charge in [0.1, 0.15) is 12.4 Å². The van der Waals surface area contributed by atoms with Crippen molar-refractivity contribution >= 4 is 23.6 Å². The molecule has 2 aromatic carbocycles. The maximum absolute atomic E-state index is 12.2. The molecule has 0 saturated heterocycles. The first-order valence-corrected chi connectivity index (χ1v) is 9.99. The monoisotopic (exact) mass is 408 g/mol. The van der Waals surface area contributed by atoms with Crippen molar-refractivity contribution in [1.82, 2.24) is 5.32 Å². The standard InChI is InChI=1S/C22H20N2O4S/c1-27-21(26)14-29-22-19(12-23)18(11-20(25)24-22)16-7-9-17(10-8-16)28-13-15-5-3-2-4-6-15/h2-10,18H,11,13-14H2,1H3,(H,24,25)/t18-/m1/s1. The fraction of sp³-hybridized carbons (Fsp3) is 0.227. The van der Waals surface area contributed by atoms with Crippen LogP contribution in [-0.4, -0.2) is 24.7 Å². The van der Waals surface area contributed by atoms with Gasteiger partial charge in [0.05, 0.1) is 29.5 Å². The van der Waals surface area contributed by atoms with Crippen molar-refractivity contribution in [2.75, 3.05) is 12.9 Å². The minimum absolute atomic E-state index is 0.0241. The van der Waals surface area contributed by atoms with Crippen molar-refractivity contribution < 1.29 is 19.1 Å². The highest BCUT2D eigenvalue weighted by Gasteiger charge is 2.29. The van der Waals surface area contributed by atoms with Crippen LogP contribution in [0.1, 0.15) is 23.5 Å². The number of hydrogen-bond donors (Lipinski definition) is 1. The molecule has 0 unspecified atom stereocenters. The van der Waals surface area contributed by atoms with E-state index in [0.29, 0.717) is 23.0 Å². The number of allylic oxidation sites excluding steroid dienone is 1. The van der Waals surface area contributed by atoms with Gasteiger partial charge in [-0.25, -0.2) is 0 Å². The lowest BCUT2D eigenvalue weighted by Gasteiger charge is -2.25. The maximum Gasteiger partial charge on any atom is 0.316 e. The number of amides is 1. The zero-order valence-electron chi connectivity index (χ0n) is 15.9. The summed E-state index contributed by atoms with van der Waals surface area (Å²) in [6.07, 6.45) is 0.176.